The summed E-state index contributed by atoms with van der Waals surface area (Å²) in [6.07, 6.45) is 0. The fourth-order valence-electron chi connectivity index (χ4n) is 2.44. The summed E-state index contributed by atoms with van der Waals surface area (Å²) in [6.45, 7) is 7.49. The van der Waals surface area contributed by atoms with Crippen molar-refractivity contribution in [3.05, 3.63) is 40.7 Å². The minimum Gasteiger partial charge on any atom is -0.476 e. The smallest absolute Gasteiger partial charge is 0.358 e. The zero-order valence-corrected chi connectivity index (χ0v) is 13.6. The number of carboxylic acid groups (broad SMARTS) is 1. The predicted octanol–water partition coefficient (Wildman–Crippen LogP) is 2.36. The Morgan fingerprint density at radius 3 is 2.57 bits per heavy atom. The number of rotatable bonds is 5. The van der Waals surface area contributed by atoms with Gasteiger partial charge in [0.25, 0.3) is 0 Å². The lowest BCUT2D eigenvalue weighted by atomic mass is 10.1. The van der Waals surface area contributed by atoms with E-state index in [-0.39, 0.29) is 24.1 Å². The molecule has 0 aliphatic heterocycles. The number of aromatic carboxylic acids is 1. The van der Waals surface area contributed by atoms with Gasteiger partial charge < -0.3 is 10.4 Å². The third-order valence-corrected chi connectivity index (χ3v) is 3.47. The maximum absolute atomic E-state index is 12.2. The minimum atomic E-state index is -1.14. The monoisotopic (exact) mass is 316 g/mol. The molecule has 0 aliphatic carbocycles. The molecule has 0 atom stereocenters. The molecule has 2 N–H and O–H groups in total. The van der Waals surface area contributed by atoms with Crippen molar-refractivity contribution in [1.82, 2.24) is 15.0 Å². The number of nitrogens with zero attached hydrogens (tertiary/aromatic N) is 3. The molecule has 0 saturated heterocycles. The fourth-order valence-corrected chi connectivity index (χ4v) is 2.44. The van der Waals surface area contributed by atoms with Gasteiger partial charge in [0.15, 0.2) is 5.69 Å². The standard InChI is InChI=1S/C16H20N4O3/c1-9(2)15-14(16(22)23)18-19-20(15)8-13(21)17-12-6-5-10(3)7-11(12)4/h5-7,9H,8H2,1-4H3,(H,17,21)(H,22,23). The van der Waals surface area contributed by atoms with Gasteiger partial charge in [-0.25, -0.2) is 9.48 Å². The van der Waals surface area contributed by atoms with Crippen LogP contribution in [-0.4, -0.2) is 32.0 Å². The number of nitrogens with one attached hydrogen (secondary N) is 1. The van der Waals surface area contributed by atoms with Crippen LogP contribution in [0.2, 0.25) is 0 Å². The molecule has 7 nitrogen and oxygen atoms in total. The summed E-state index contributed by atoms with van der Waals surface area (Å²) in [7, 11) is 0. The van der Waals surface area contributed by atoms with Crippen LogP contribution in [0, 0.1) is 13.8 Å². The maximum atomic E-state index is 12.2. The van der Waals surface area contributed by atoms with E-state index in [1.807, 2.05) is 45.9 Å². The first kappa shape index (κ1) is 16.7. The molecule has 23 heavy (non-hydrogen) atoms. The number of benzene rings is 1. The van der Waals surface area contributed by atoms with Crippen molar-refractivity contribution >= 4 is 17.6 Å². The first-order valence-corrected chi connectivity index (χ1v) is 7.33. The van der Waals surface area contributed by atoms with E-state index in [0.717, 1.165) is 16.8 Å². The van der Waals surface area contributed by atoms with Crippen LogP contribution in [0.25, 0.3) is 0 Å². The second kappa shape index (κ2) is 6.60. The average molecular weight is 316 g/mol. The van der Waals surface area contributed by atoms with Crippen LogP contribution < -0.4 is 5.32 Å². The normalized spacial score (nSPS) is 10.8. The van der Waals surface area contributed by atoms with Crippen LogP contribution in [0.3, 0.4) is 0 Å². The van der Waals surface area contributed by atoms with E-state index in [4.69, 9.17) is 5.11 Å². The van der Waals surface area contributed by atoms with Crippen molar-refractivity contribution in [1.29, 1.82) is 0 Å². The molecule has 122 valence electrons. The summed E-state index contributed by atoms with van der Waals surface area (Å²) in [6, 6.07) is 5.74. The Morgan fingerprint density at radius 1 is 1.30 bits per heavy atom. The van der Waals surface area contributed by atoms with Gasteiger partial charge in [-0.15, -0.1) is 5.10 Å². The number of amides is 1. The van der Waals surface area contributed by atoms with Gasteiger partial charge in [0.05, 0.1) is 5.69 Å². The number of anilines is 1. The first-order chi connectivity index (χ1) is 10.8. The van der Waals surface area contributed by atoms with Gasteiger partial charge in [-0.3, -0.25) is 4.79 Å². The van der Waals surface area contributed by atoms with Crippen molar-refractivity contribution in [3.63, 3.8) is 0 Å². The van der Waals surface area contributed by atoms with Crippen LogP contribution >= 0.6 is 0 Å². The predicted molar refractivity (Wildman–Crippen MR) is 85.6 cm³/mol. The molecule has 1 heterocycles. The zero-order chi connectivity index (χ0) is 17.1. The maximum Gasteiger partial charge on any atom is 0.358 e. The number of aromatic nitrogens is 3. The lowest BCUT2D eigenvalue weighted by Gasteiger charge is -2.12. The topological polar surface area (TPSA) is 97.1 Å². The number of hydrogen-bond acceptors (Lipinski definition) is 4. The SMILES string of the molecule is Cc1ccc(NC(=O)Cn2nnc(C(=O)O)c2C(C)C)c(C)c1. The second-order valence-corrected chi connectivity index (χ2v) is 5.81. The van der Waals surface area contributed by atoms with Crippen molar-refractivity contribution in [2.75, 3.05) is 5.32 Å². The Morgan fingerprint density at radius 2 is 2.00 bits per heavy atom. The molecular formula is C16H20N4O3. The first-order valence-electron chi connectivity index (χ1n) is 7.33. The van der Waals surface area contributed by atoms with E-state index in [1.54, 1.807) is 0 Å². The summed E-state index contributed by atoms with van der Waals surface area (Å²) in [5, 5.41) is 19.4. The summed E-state index contributed by atoms with van der Waals surface area (Å²) in [4.78, 5) is 23.4. The Balaban J connectivity index is 2.19. The van der Waals surface area contributed by atoms with Crippen LogP contribution in [0.1, 0.15) is 47.1 Å². The zero-order valence-electron chi connectivity index (χ0n) is 13.6. The van der Waals surface area contributed by atoms with Gasteiger partial charge in [0.1, 0.15) is 6.54 Å². The Labute approximate surface area is 134 Å². The van der Waals surface area contributed by atoms with E-state index in [0.29, 0.717) is 5.69 Å². The van der Waals surface area contributed by atoms with Crippen molar-refractivity contribution in [2.45, 2.75) is 40.2 Å². The minimum absolute atomic E-state index is 0.0822. The molecule has 0 bridgehead atoms. The lowest BCUT2D eigenvalue weighted by Crippen LogP contribution is -2.22. The molecule has 0 saturated carbocycles. The number of carboxylic acids is 1. The molecule has 0 unspecified atom stereocenters. The highest BCUT2D eigenvalue weighted by Crippen LogP contribution is 2.19. The molecule has 2 aromatic rings. The van der Waals surface area contributed by atoms with Gasteiger partial charge in [-0.1, -0.05) is 36.8 Å². The summed E-state index contributed by atoms with van der Waals surface area (Å²) in [5.74, 6) is -1.53. The van der Waals surface area contributed by atoms with E-state index in [9.17, 15) is 9.59 Å². The van der Waals surface area contributed by atoms with E-state index >= 15 is 0 Å². The highest BCUT2D eigenvalue weighted by molar-refractivity contribution is 5.91. The van der Waals surface area contributed by atoms with Crippen LogP contribution in [-0.2, 0) is 11.3 Å². The van der Waals surface area contributed by atoms with Crippen molar-refractivity contribution in [3.8, 4) is 0 Å². The molecule has 0 spiro atoms. The van der Waals surface area contributed by atoms with E-state index < -0.39 is 5.97 Å². The number of aryl methyl sites for hydroxylation is 2. The second-order valence-electron chi connectivity index (χ2n) is 5.81. The van der Waals surface area contributed by atoms with Crippen molar-refractivity contribution in [2.24, 2.45) is 0 Å². The molecule has 0 aliphatic rings. The molecule has 0 fully saturated rings. The van der Waals surface area contributed by atoms with Crippen LogP contribution in [0.4, 0.5) is 5.69 Å². The molecule has 0 radical (unpaired) electrons. The Bertz CT molecular complexity index is 750. The fraction of sp³-hybridized carbons (Fsp3) is 0.375. The summed E-state index contributed by atoms with van der Waals surface area (Å²) < 4.78 is 1.34. The van der Waals surface area contributed by atoms with Gasteiger partial charge in [-0.05, 0) is 31.4 Å². The van der Waals surface area contributed by atoms with Gasteiger partial charge >= 0.3 is 5.97 Å². The average Bonchev–Trinajstić information content (AvgIpc) is 2.86. The molecule has 1 aromatic heterocycles. The van der Waals surface area contributed by atoms with Crippen LogP contribution in [0.5, 0.6) is 0 Å². The van der Waals surface area contributed by atoms with E-state index in [1.165, 1.54) is 4.68 Å². The molecule has 1 amide bonds. The van der Waals surface area contributed by atoms with Crippen LogP contribution in [0.15, 0.2) is 18.2 Å². The van der Waals surface area contributed by atoms with Gasteiger partial charge in [-0.2, -0.15) is 0 Å². The quantitative estimate of drug-likeness (QED) is 0.882. The Hall–Kier alpha value is -2.70. The van der Waals surface area contributed by atoms with Crippen molar-refractivity contribution < 1.29 is 14.7 Å². The van der Waals surface area contributed by atoms with Gasteiger partial charge in [0.2, 0.25) is 5.91 Å². The highest BCUT2D eigenvalue weighted by Gasteiger charge is 2.22. The molecular weight excluding hydrogens is 296 g/mol. The Kier molecular flexibility index (Phi) is 4.78. The third-order valence-electron chi connectivity index (χ3n) is 3.47. The number of carbonyl (C=O) groups excluding carboxylic acids is 1. The largest absolute Gasteiger partial charge is 0.476 e. The number of carbonyl (C=O) groups is 2. The molecule has 2 rings (SSSR count). The molecule has 7 heteroatoms. The van der Waals surface area contributed by atoms with Gasteiger partial charge in [0, 0.05) is 5.69 Å². The summed E-state index contributed by atoms with van der Waals surface area (Å²) >= 11 is 0. The third kappa shape index (κ3) is 3.74. The number of hydrogen-bond donors (Lipinski definition) is 2. The molecule has 1 aromatic carbocycles. The highest BCUT2D eigenvalue weighted by atomic mass is 16.4. The van der Waals surface area contributed by atoms with E-state index in [2.05, 4.69) is 15.6 Å². The lowest BCUT2D eigenvalue weighted by molar-refractivity contribution is -0.117. The summed E-state index contributed by atoms with van der Waals surface area (Å²) in [5.41, 5.74) is 3.13.